The van der Waals surface area contributed by atoms with E-state index in [9.17, 15) is 0 Å². The highest BCUT2D eigenvalue weighted by Gasteiger charge is 2.28. The lowest BCUT2D eigenvalue weighted by Gasteiger charge is -2.10. The predicted molar refractivity (Wildman–Crippen MR) is 85.2 cm³/mol. The second kappa shape index (κ2) is 6.46. The van der Waals surface area contributed by atoms with Crippen molar-refractivity contribution in [2.75, 3.05) is 7.05 Å². The van der Waals surface area contributed by atoms with Gasteiger partial charge < -0.3 is 14.6 Å². The van der Waals surface area contributed by atoms with E-state index in [1.54, 1.807) is 0 Å². The smallest absolute Gasteiger partial charge is 0.264 e. The quantitative estimate of drug-likeness (QED) is 0.776. The molecule has 3 rings (SSSR count). The molecular formula is C14H15Br2N3O2. The Hall–Kier alpha value is -0.920. The molecule has 1 aliphatic rings. The Morgan fingerprint density at radius 1 is 1.33 bits per heavy atom. The first-order chi connectivity index (χ1) is 10.2. The highest BCUT2D eigenvalue weighted by atomic mass is 79.9. The molecule has 0 radical (unpaired) electrons. The molecule has 5 nitrogen and oxygen atoms in total. The molecule has 0 spiro atoms. The van der Waals surface area contributed by atoms with E-state index in [0.717, 1.165) is 45.5 Å². The van der Waals surface area contributed by atoms with Gasteiger partial charge >= 0.3 is 0 Å². The first kappa shape index (κ1) is 15.0. The summed E-state index contributed by atoms with van der Waals surface area (Å²) < 4.78 is 12.8. The molecule has 0 aliphatic heterocycles. The van der Waals surface area contributed by atoms with Gasteiger partial charge in [0.25, 0.3) is 5.89 Å². The zero-order chi connectivity index (χ0) is 14.8. The van der Waals surface area contributed by atoms with Crippen LogP contribution in [0.4, 0.5) is 0 Å². The molecule has 1 aliphatic carbocycles. The van der Waals surface area contributed by atoms with Crippen molar-refractivity contribution in [1.29, 1.82) is 0 Å². The molecule has 1 heterocycles. The van der Waals surface area contributed by atoms with Crippen molar-refractivity contribution in [1.82, 2.24) is 15.5 Å². The third-order valence-electron chi connectivity index (χ3n) is 3.21. The summed E-state index contributed by atoms with van der Waals surface area (Å²) in [7, 11) is 1.92. The maximum Gasteiger partial charge on any atom is 0.264 e. The molecule has 21 heavy (non-hydrogen) atoms. The second-order valence-corrected chi connectivity index (χ2v) is 6.74. The number of aromatic nitrogens is 2. The minimum atomic E-state index is 0.266. The molecule has 0 bridgehead atoms. The van der Waals surface area contributed by atoms with Crippen LogP contribution in [0, 0.1) is 0 Å². The van der Waals surface area contributed by atoms with E-state index in [2.05, 4.69) is 47.3 Å². The summed E-state index contributed by atoms with van der Waals surface area (Å²) in [6.07, 6.45) is 2.31. The molecule has 0 unspecified atom stereocenters. The van der Waals surface area contributed by atoms with Crippen LogP contribution in [0.3, 0.4) is 0 Å². The van der Waals surface area contributed by atoms with E-state index >= 15 is 0 Å². The van der Waals surface area contributed by atoms with Crippen molar-refractivity contribution in [3.8, 4) is 5.75 Å². The van der Waals surface area contributed by atoms with E-state index in [4.69, 9.17) is 9.26 Å². The number of ether oxygens (including phenoxy) is 1. The van der Waals surface area contributed by atoms with E-state index < -0.39 is 0 Å². The molecule has 1 fully saturated rings. The fourth-order valence-corrected chi connectivity index (χ4v) is 3.53. The number of nitrogens with zero attached hydrogens (tertiary/aromatic N) is 2. The minimum Gasteiger partial charge on any atom is -0.481 e. The van der Waals surface area contributed by atoms with Gasteiger partial charge in [-0.05, 0) is 69.4 Å². The van der Waals surface area contributed by atoms with Crippen molar-refractivity contribution >= 4 is 31.9 Å². The molecule has 0 amide bonds. The summed E-state index contributed by atoms with van der Waals surface area (Å²) in [5, 5.41) is 7.10. The van der Waals surface area contributed by atoms with Crippen molar-refractivity contribution in [3.05, 3.63) is 38.4 Å². The number of rotatable bonds is 6. The third-order valence-corrected chi connectivity index (χ3v) is 4.38. The summed E-state index contributed by atoms with van der Waals surface area (Å²) in [6.45, 7) is 1.06. The van der Waals surface area contributed by atoms with Gasteiger partial charge in [-0.1, -0.05) is 5.16 Å². The summed E-state index contributed by atoms with van der Waals surface area (Å²) in [4.78, 5) is 4.35. The number of nitrogens with one attached hydrogen (secondary N) is 1. The number of benzene rings is 1. The van der Waals surface area contributed by atoms with Gasteiger partial charge in [0.1, 0.15) is 5.75 Å². The van der Waals surface area contributed by atoms with Crippen LogP contribution < -0.4 is 10.1 Å². The minimum absolute atomic E-state index is 0.266. The topological polar surface area (TPSA) is 60.2 Å². The maximum absolute atomic E-state index is 5.79. The van der Waals surface area contributed by atoms with Gasteiger partial charge in [0, 0.05) is 12.5 Å². The van der Waals surface area contributed by atoms with E-state index in [1.165, 1.54) is 0 Å². The van der Waals surface area contributed by atoms with Gasteiger partial charge in [-0.3, -0.25) is 0 Å². The molecule has 1 N–H and O–H groups in total. The van der Waals surface area contributed by atoms with E-state index in [-0.39, 0.29) is 6.61 Å². The zero-order valence-electron chi connectivity index (χ0n) is 11.5. The van der Waals surface area contributed by atoms with Crippen molar-refractivity contribution < 1.29 is 9.26 Å². The SMILES string of the molecule is CNCc1cc(Br)c(OCc2nc(C3CC3)no2)c(Br)c1. The van der Waals surface area contributed by atoms with Crippen molar-refractivity contribution in [2.24, 2.45) is 0 Å². The molecule has 1 aromatic heterocycles. The second-order valence-electron chi connectivity index (χ2n) is 5.03. The van der Waals surface area contributed by atoms with Crippen LogP contribution in [0.25, 0.3) is 0 Å². The van der Waals surface area contributed by atoms with Gasteiger partial charge in [-0.2, -0.15) is 4.98 Å². The van der Waals surface area contributed by atoms with Crippen LogP contribution in [-0.4, -0.2) is 17.2 Å². The average molecular weight is 417 g/mol. The third kappa shape index (κ3) is 3.64. The molecular weight excluding hydrogens is 402 g/mol. The van der Waals surface area contributed by atoms with Crippen LogP contribution in [-0.2, 0) is 13.2 Å². The Labute approximate surface area is 139 Å². The Morgan fingerprint density at radius 3 is 2.67 bits per heavy atom. The average Bonchev–Trinajstić information content (AvgIpc) is 3.18. The monoisotopic (exact) mass is 415 g/mol. The zero-order valence-corrected chi connectivity index (χ0v) is 14.7. The highest BCUT2D eigenvalue weighted by molar-refractivity contribution is 9.11. The van der Waals surface area contributed by atoms with Crippen LogP contribution in [0.2, 0.25) is 0 Å². The van der Waals surface area contributed by atoms with Gasteiger partial charge in [0.2, 0.25) is 0 Å². The van der Waals surface area contributed by atoms with Gasteiger partial charge in [0.15, 0.2) is 12.4 Å². The normalized spacial score (nSPS) is 14.4. The van der Waals surface area contributed by atoms with Crippen molar-refractivity contribution in [3.63, 3.8) is 0 Å². The number of hydrogen-bond donors (Lipinski definition) is 1. The largest absolute Gasteiger partial charge is 0.481 e. The lowest BCUT2D eigenvalue weighted by Crippen LogP contribution is -2.05. The van der Waals surface area contributed by atoms with Crippen LogP contribution in [0.15, 0.2) is 25.6 Å². The molecule has 2 aromatic rings. The Bertz CT molecular complexity index is 618. The molecule has 112 valence electrons. The number of halogens is 2. The standard InChI is InChI=1S/C14H15Br2N3O2/c1-17-6-8-4-10(15)13(11(16)5-8)20-7-12-18-14(19-21-12)9-2-3-9/h4-5,9,17H,2-3,6-7H2,1H3. The first-order valence-corrected chi connectivity index (χ1v) is 8.33. The maximum atomic E-state index is 5.79. The summed E-state index contributed by atoms with van der Waals surface area (Å²) >= 11 is 7.06. The fraction of sp³-hybridized carbons (Fsp3) is 0.429. The first-order valence-electron chi connectivity index (χ1n) is 6.75. The Balaban J connectivity index is 1.68. The molecule has 7 heteroatoms. The van der Waals surface area contributed by atoms with E-state index in [0.29, 0.717) is 11.8 Å². The highest BCUT2D eigenvalue weighted by Crippen LogP contribution is 2.38. The Morgan fingerprint density at radius 2 is 2.05 bits per heavy atom. The van der Waals surface area contributed by atoms with Crippen LogP contribution >= 0.6 is 31.9 Å². The molecule has 0 saturated heterocycles. The van der Waals surface area contributed by atoms with Crippen LogP contribution in [0.1, 0.15) is 36.0 Å². The van der Waals surface area contributed by atoms with Gasteiger partial charge in [-0.15, -0.1) is 0 Å². The lowest BCUT2D eigenvalue weighted by atomic mass is 10.2. The lowest BCUT2D eigenvalue weighted by molar-refractivity contribution is 0.240. The fourth-order valence-electron chi connectivity index (χ4n) is 2.02. The van der Waals surface area contributed by atoms with Crippen LogP contribution in [0.5, 0.6) is 5.75 Å². The Kier molecular flexibility index (Phi) is 4.61. The molecule has 1 aromatic carbocycles. The summed E-state index contributed by atoms with van der Waals surface area (Å²) in [5.74, 6) is 2.54. The molecule has 1 saturated carbocycles. The van der Waals surface area contributed by atoms with Gasteiger partial charge in [-0.25, -0.2) is 0 Å². The number of hydrogen-bond acceptors (Lipinski definition) is 5. The van der Waals surface area contributed by atoms with Gasteiger partial charge in [0.05, 0.1) is 8.95 Å². The van der Waals surface area contributed by atoms with E-state index in [1.807, 2.05) is 19.2 Å². The predicted octanol–water partition coefficient (Wildman–Crippen LogP) is 3.77. The summed E-state index contributed by atoms with van der Waals surface area (Å²) in [6, 6.07) is 4.06. The molecule has 0 atom stereocenters. The summed E-state index contributed by atoms with van der Waals surface area (Å²) in [5.41, 5.74) is 1.16. The van der Waals surface area contributed by atoms with Crippen molar-refractivity contribution in [2.45, 2.75) is 31.9 Å².